The van der Waals surface area contributed by atoms with Crippen molar-refractivity contribution in [3.63, 3.8) is 0 Å². The first-order chi connectivity index (χ1) is 16.9. The van der Waals surface area contributed by atoms with Gasteiger partial charge in [0.15, 0.2) is 0 Å². The first-order valence-corrected chi connectivity index (χ1v) is 12.4. The molecule has 2 amide bonds. The average molecular weight is 458 g/mol. The second-order valence-corrected chi connectivity index (χ2v) is 11.2. The molecule has 1 fully saturated rings. The van der Waals surface area contributed by atoms with Crippen LogP contribution < -0.4 is 4.90 Å². The van der Waals surface area contributed by atoms with Crippen molar-refractivity contribution in [3.05, 3.63) is 113 Å². The number of hydrogen-bond donors (Lipinski definition) is 0. The van der Waals surface area contributed by atoms with Gasteiger partial charge in [0.1, 0.15) is 0 Å². The van der Waals surface area contributed by atoms with Gasteiger partial charge in [0.25, 0.3) is 0 Å². The van der Waals surface area contributed by atoms with Crippen LogP contribution in [0, 0.1) is 11.8 Å². The van der Waals surface area contributed by atoms with Gasteiger partial charge >= 0.3 is 0 Å². The van der Waals surface area contributed by atoms with E-state index >= 15 is 0 Å². The molecule has 0 radical (unpaired) electrons. The quantitative estimate of drug-likeness (QED) is 0.305. The van der Waals surface area contributed by atoms with Gasteiger partial charge in [-0.2, -0.15) is 0 Å². The lowest BCUT2D eigenvalue weighted by Crippen LogP contribution is -2.41. The van der Waals surface area contributed by atoms with Crippen LogP contribution in [0.1, 0.15) is 60.4 Å². The Kier molecular flexibility index (Phi) is 4.08. The highest BCUT2D eigenvalue weighted by atomic mass is 16.2. The van der Waals surface area contributed by atoms with E-state index in [0.717, 1.165) is 10.8 Å². The van der Waals surface area contributed by atoms with Crippen molar-refractivity contribution >= 4 is 28.3 Å². The van der Waals surface area contributed by atoms with E-state index in [1.807, 2.05) is 42.5 Å². The molecule has 35 heavy (non-hydrogen) atoms. The number of carbonyl (C=O) groups excluding carboxylic acids is 2. The summed E-state index contributed by atoms with van der Waals surface area (Å²) in [6.45, 7) is 6.66. The molecule has 4 unspecified atom stereocenters. The van der Waals surface area contributed by atoms with Crippen LogP contribution in [0.5, 0.6) is 0 Å². The molecule has 4 atom stereocenters. The van der Waals surface area contributed by atoms with E-state index in [4.69, 9.17) is 0 Å². The molecule has 0 N–H and O–H groups in total. The van der Waals surface area contributed by atoms with E-state index in [-0.39, 0.29) is 40.9 Å². The zero-order valence-corrected chi connectivity index (χ0v) is 20.2. The van der Waals surface area contributed by atoms with E-state index in [2.05, 4.69) is 63.2 Å². The number of imide groups is 1. The normalized spacial score (nSPS) is 24.5. The van der Waals surface area contributed by atoms with Gasteiger partial charge in [-0.3, -0.25) is 9.59 Å². The Morgan fingerprint density at radius 1 is 0.629 bits per heavy atom. The van der Waals surface area contributed by atoms with Gasteiger partial charge in [-0.05, 0) is 44.7 Å². The largest absolute Gasteiger partial charge is 0.274 e. The molecule has 3 aliphatic carbocycles. The fourth-order valence-corrected chi connectivity index (χ4v) is 6.83. The number of amides is 2. The van der Waals surface area contributed by atoms with E-state index in [1.165, 1.54) is 32.7 Å². The Hall–Kier alpha value is -3.72. The van der Waals surface area contributed by atoms with Gasteiger partial charge in [0.2, 0.25) is 11.8 Å². The molecule has 4 aliphatic rings. The SMILES string of the molecule is CC(C)(C)c1ccc2c(c1)C1c3ccccc3C2C2C(=O)N(c3cccc4ccccc34)C(=O)C12. The van der Waals surface area contributed by atoms with Gasteiger partial charge in [0, 0.05) is 17.2 Å². The molecule has 3 heteroatoms. The third kappa shape index (κ3) is 2.67. The van der Waals surface area contributed by atoms with Gasteiger partial charge in [-0.15, -0.1) is 0 Å². The summed E-state index contributed by atoms with van der Waals surface area (Å²) in [5, 5.41) is 1.97. The third-order valence-electron chi connectivity index (χ3n) is 8.41. The number of anilines is 1. The lowest BCUT2D eigenvalue weighted by atomic mass is 9.54. The van der Waals surface area contributed by atoms with Crippen LogP contribution in [0.15, 0.2) is 84.9 Å². The molecule has 0 spiro atoms. The standard InChI is InChI=1S/C32H27NO2/c1-32(2,3)19-15-16-23-24(17-19)27-22-13-7-6-12-21(22)26(23)28-29(27)31(35)33(30(28)34)25-14-8-10-18-9-4-5-11-20(18)25/h4-17,26-29H,1-3H3. The highest BCUT2D eigenvalue weighted by Gasteiger charge is 2.62. The monoisotopic (exact) mass is 457 g/mol. The Morgan fingerprint density at radius 3 is 1.89 bits per heavy atom. The van der Waals surface area contributed by atoms with Crippen LogP contribution in [-0.2, 0) is 15.0 Å². The lowest BCUT2D eigenvalue weighted by molar-refractivity contribution is -0.122. The highest BCUT2D eigenvalue weighted by Crippen LogP contribution is 2.61. The molecule has 0 aromatic heterocycles. The van der Waals surface area contributed by atoms with E-state index in [0.29, 0.717) is 5.69 Å². The number of hydrogen-bond acceptors (Lipinski definition) is 2. The van der Waals surface area contributed by atoms with Crippen molar-refractivity contribution in [2.75, 3.05) is 4.90 Å². The van der Waals surface area contributed by atoms with Crippen molar-refractivity contribution in [1.29, 1.82) is 0 Å². The third-order valence-corrected chi connectivity index (χ3v) is 8.41. The molecule has 3 nitrogen and oxygen atoms in total. The number of benzene rings is 4. The van der Waals surface area contributed by atoms with Crippen LogP contribution in [0.2, 0.25) is 0 Å². The average Bonchev–Trinajstić information content (AvgIpc) is 3.13. The zero-order valence-electron chi connectivity index (χ0n) is 20.2. The smallest absolute Gasteiger partial charge is 0.238 e. The number of carbonyl (C=O) groups is 2. The Morgan fingerprint density at radius 2 is 1.20 bits per heavy atom. The van der Waals surface area contributed by atoms with E-state index in [1.54, 1.807) is 0 Å². The molecule has 1 saturated heterocycles. The van der Waals surface area contributed by atoms with Crippen LogP contribution in [0.4, 0.5) is 5.69 Å². The van der Waals surface area contributed by atoms with Crippen molar-refractivity contribution in [2.24, 2.45) is 11.8 Å². The first-order valence-electron chi connectivity index (χ1n) is 12.4. The lowest BCUT2D eigenvalue weighted by Gasteiger charge is -2.46. The van der Waals surface area contributed by atoms with Gasteiger partial charge < -0.3 is 0 Å². The van der Waals surface area contributed by atoms with Crippen molar-refractivity contribution in [3.8, 4) is 0 Å². The fourth-order valence-electron chi connectivity index (χ4n) is 6.83. The summed E-state index contributed by atoms with van der Waals surface area (Å²) in [7, 11) is 0. The molecule has 1 heterocycles. The molecule has 172 valence electrons. The maximum Gasteiger partial charge on any atom is 0.238 e. The number of rotatable bonds is 1. The molecule has 0 saturated carbocycles. The summed E-state index contributed by atoms with van der Waals surface area (Å²) in [4.78, 5) is 29.8. The number of fused-ring (bicyclic) bond motifs is 1. The summed E-state index contributed by atoms with van der Waals surface area (Å²) < 4.78 is 0. The fraction of sp³-hybridized carbons (Fsp3) is 0.250. The molecular formula is C32H27NO2. The molecule has 1 aliphatic heterocycles. The summed E-state index contributed by atoms with van der Waals surface area (Å²) in [5.41, 5.74) is 6.83. The van der Waals surface area contributed by atoms with Gasteiger partial charge in [-0.25, -0.2) is 4.90 Å². The predicted molar refractivity (Wildman–Crippen MR) is 139 cm³/mol. The Bertz CT molecular complexity index is 1550. The minimum absolute atomic E-state index is 0.00906. The molecule has 4 aromatic carbocycles. The highest BCUT2D eigenvalue weighted by molar-refractivity contribution is 6.26. The van der Waals surface area contributed by atoms with Crippen LogP contribution in [0.3, 0.4) is 0 Å². The summed E-state index contributed by atoms with van der Waals surface area (Å²) in [5.74, 6) is -1.06. The second kappa shape index (κ2) is 6.91. The predicted octanol–water partition coefficient (Wildman–Crippen LogP) is 6.53. The van der Waals surface area contributed by atoms with Crippen molar-refractivity contribution in [2.45, 2.75) is 38.0 Å². The maximum absolute atomic E-state index is 14.2. The van der Waals surface area contributed by atoms with Crippen molar-refractivity contribution in [1.82, 2.24) is 0 Å². The molecule has 2 bridgehead atoms. The van der Waals surface area contributed by atoms with Crippen LogP contribution in [-0.4, -0.2) is 11.8 Å². The van der Waals surface area contributed by atoms with E-state index < -0.39 is 0 Å². The minimum atomic E-state index is -0.371. The maximum atomic E-state index is 14.2. The van der Waals surface area contributed by atoms with Crippen LogP contribution in [0.25, 0.3) is 10.8 Å². The van der Waals surface area contributed by atoms with Crippen LogP contribution >= 0.6 is 0 Å². The topological polar surface area (TPSA) is 37.4 Å². The number of nitrogens with zero attached hydrogens (tertiary/aromatic N) is 1. The second-order valence-electron chi connectivity index (χ2n) is 11.2. The van der Waals surface area contributed by atoms with Gasteiger partial charge in [0.05, 0.1) is 17.5 Å². The molecule has 4 aromatic rings. The first kappa shape index (κ1) is 20.6. The van der Waals surface area contributed by atoms with Crippen molar-refractivity contribution < 1.29 is 9.59 Å². The Balaban J connectivity index is 1.45. The molecular weight excluding hydrogens is 430 g/mol. The summed E-state index contributed by atoms with van der Waals surface area (Å²) >= 11 is 0. The molecule has 8 rings (SSSR count). The minimum Gasteiger partial charge on any atom is -0.274 e. The Labute approximate surface area is 205 Å². The zero-order chi connectivity index (χ0) is 24.1. The van der Waals surface area contributed by atoms with Gasteiger partial charge in [-0.1, -0.05) is 99.6 Å². The summed E-state index contributed by atoms with van der Waals surface area (Å²) in [6, 6.07) is 29.0. The van der Waals surface area contributed by atoms with E-state index in [9.17, 15) is 9.59 Å². The summed E-state index contributed by atoms with van der Waals surface area (Å²) in [6.07, 6.45) is 0.